The Balaban J connectivity index is 0.812. The van der Waals surface area contributed by atoms with Crippen molar-refractivity contribution in [2.45, 2.75) is 135 Å². The third-order valence-corrected chi connectivity index (χ3v) is 16.8. The minimum Gasteiger partial charge on any atom is -0.353 e. The third kappa shape index (κ3) is 6.18. The van der Waals surface area contributed by atoms with Crippen molar-refractivity contribution in [2.75, 3.05) is 59.1 Å². The number of carbonyl (C=O) groups is 2. The van der Waals surface area contributed by atoms with Crippen LogP contribution in [-0.4, -0.2) is 110 Å². The van der Waals surface area contributed by atoms with Gasteiger partial charge in [0.15, 0.2) is 5.79 Å². The van der Waals surface area contributed by atoms with Gasteiger partial charge in [-0.3, -0.25) is 14.5 Å². The van der Waals surface area contributed by atoms with Crippen LogP contribution in [0.1, 0.15) is 111 Å². The first-order chi connectivity index (χ1) is 24.0. The summed E-state index contributed by atoms with van der Waals surface area (Å²) in [6, 6.07) is 0.716. The van der Waals surface area contributed by atoms with Crippen molar-refractivity contribution < 1.29 is 23.5 Å². The van der Waals surface area contributed by atoms with Gasteiger partial charge >= 0.3 is 0 Å². The molecule has 1 N–H and O–H groups in total. The van der Waals surface area contributed by atoms with Gasteiger partial charge in [0, 0.05) is 57.1 Å². The topological polar surface area (TPSA) is 74.3 Å². The van der Waals surface area contributed by atoms with Gasteiger partial charge in [-0.15, -0.1) is 0 Å². The Bertz CT molecular complexity index is 1240. The molecule has 0 aromatic rings. The van der Waals surface area contributed by atoms with Crippen LogP contribution in [-0.2, 0) is 19.1 Å². The summed E-state index contributed by atoms with van der Waals surface area (Å²) in [5, 5.41) is 3.34. The lowest BCUT2D eigenvalue weighted by Gasteiger charge is -2.61. The van der Waals surface area contributed by atoms with E-state index >= 15 is 0 Å². The summed E-state index contributed by atoms with van der Waals surface area (Å²) in [6.45, 7) is 16.2. The number of rotatable bonds is 6. The summed E-state index contributed by atoms with van der Waals surface area (Å²) in [7, 11) is 0. The Morgan fingerprint density at radius 3 is 2.32 bits per heavy atom. The molecule has 0 bridgehead atoms. The summed E-state index contributed by atoms with van der Waals surface area (Å²) in [4.78, 5) is 33.0. The number of nitrogens with zero attached hydrogens (tertiary/aromatic N) is 3. The standard InChI is InChI=1S/C41H67FN4O4/c1-27-7-14-41(49-26-27)28(2)38-35(50-41)24-34-32-6-5-29-23-30(8-12-39(29,3)33(32)9-13-40(34,38)4)43-36(47)25-37(48)46-21-19-45(20-22-46)31-10-16-44(17-11-31)18-15-42/h27-35,38H,5-26H2,1-4H3,(H,43,47)/t27-,28+,29-,30?,32-,33?,34+,35+,38+,39+,40+,41-/m1/s1. The van der Waals surface area contributed by atoms with E-state index in [1.165, 1.54) is 44.9 Å². The summed E-state index contributed by atoms with van der Waals surface area (Å²) in [5.41, 5.74) is 0.697. The van der Waals surface area contributed by atoms with E-state index < -0.39 is 0 Å². The van der Waals surface area contributed by atoms with Gasteiger partial charge in [0.25, 0.3) is 0 Å². The normalized spacial score (nSPS) is 47.0. The lowest BCUT2D eigenvalue weighted by molar-refractivity contribution is -0.273. The van der Waals surface area contributed by atoms with Gasteiger partial charge in [0.2, 0.25) is 11.8 Å². The maximum absolute atomic E-state index is 13.2. The van der Waals surface area contributed by atoms with Crippen molar-refractivity contribution >= 4 is 11.8 Å². The van der Waals surface area contributed by atoms with Gasteiger partial charge in [-0.05, 0) is 130 Å². The van der Waals surface area contributed by atoms with Crippen LogP contribution in [0.3, 0.4) is 0 Å². The molecule has 0 aromatic carbocycles. The molecule has 4 saturated carbocycles. The molecule has 12 atom stereocenters. The first-order valence-electron chi connectivity index (χ1n) is 20.9. The van der Waals surface area contributed by atoms with E-state index in [0.29, 0.717) is 66.3 Å². The molecule has 0 aromatic heterocycles. The Labute approximate surface area is 301 Å². The summed E-state index contributed by atoms with van der Waals surface area (Å²) in [6.07, 6.45) is 14.5. The van der Waals surface area contributed by atoms with E-state index in [1.54, 1.807) is 0 Å². The minimum absolute atomic E-state index is 0.0264. The second kappa shape index (κ2) is 13.8. The fraction of sp³-hybridized carbons (Fsp3) is 0.951. The molecule has 8 rings (SSSR count). The highest BCUT2D eigenvalue weighted by molar-refractivity contribution is 5.97. The minimum atomic E-state index is -0.338. The predicted octanol–water partition coefficient (Wildman–Crippen LogP) is 5.89. The molecule has 4 saturated heterocycles. The molecule has 4 aliphatic carbocycles. The van der Waals surface area contributed by atoms with Gasteiger partial charge in [-0.2, -0.15) is 0 Å². The number of alkyl halides is 1. The molecule has 2 unspecified atom stereocenters. The van der Waals surface area contributed by atoms with Crippen LogP contribution >= 0.6 is 0 Å². The molecular formula is C41H67FN4O4. The molecule has 9 heteroatoms. The van der Waals surface area contributed by atoms with Crippen LogP contribution in [0, 0.1) is 52.3 Å². The first-order valence-corrected chi connectivity index (χ1v) is 20.9. The molecule has 8 aliphatic rings. The number of nitrogens with one attached hydrogen (secondary N) is 1. The molecule has 1 spiro atoms. The second-order valence-corrected chi connectivity index (χ2v) is 19.1. The number of carbonyl (C=O) groups excluding carboxylic acids is 2. The van der Waals surface area contributed by atoms with Crippen molar-refractivity contribution in [3.05, 3.63) is 0 Å². The van der Waals surface area contributed by atoms with Gasteiger partial charge in [-0.1, -0.05) is 27.7 Å². The lowest BCUT2D eigenvalue weighted by Crippen LogP contribution is -2.56. The van der Waals surface area contributed by atoms with Crippen molar-refractivity contribution in [1.82, 2.24) is 20.0 Å². The molecule has 4 heterocycles. The molecule has 2 amide bonds. The summed E-state index contributed by atoms with van der Waals surface area (Å²) < 4.78 is 26.3. The third-order valence-electron chi connectivity index (χ3n) is 16.8. The van der Waals surface area contributed by atoms with E-state index in [0.717, 1.165) is 82.6 Å². The quantitative estimate of drug-likeness (QED) is 0.349. The molecule has 4 aliphatic heterocycles. The molecule has 8 fully saturated rings. The molecule has 0 radical (unpaired) electrons. The van der Waals surface area contributed by atoms with E-state index in [-0.39, 0.29) is 36.7 Å². The van der Waals surface area contributed by atoms with Gasteiger partial charge in [0.05, 0.1) is 12.7 Å². The summed E-state index contributed by atoms with van der Waals surface area (Å²) >= 11 is 0. The van der Waals surface area contributed by atoms with Crippen molar-refractivity contribution in [1.29, 1.82) is 0 Å². The number of piperazine rings is 1. The maximum Gasteiger partial charge on any atom is 0.232 e. The summed E-state index contributed by atoms with van der Waals surface area (Å²) in [5.74, 6) is 4.23. The highest BCUT2D eigenvalue weighted by Gasteiger charge is 2.69. The van der Waals surface area contributed by atoms with Gasteiger partial charge in [-0.25, -0.2) is 4.39 Å². The van der Waals surface area contributed by atoms with Crippen molar-refractivity contribution in [3.8, 4) is 0 Å². The SMILES string of the molecule is C[C@@H]1CC[C@@]2(OC1)O[C@H]1C[C@H]3[C@@H]4CC[C@@H]5CC(NC(=O)CC(=O)N6CCN(C7CCN(CCF)CC7)CC6)CC[C@]5(C)C4CC[C@]3(C)[C@H]1[C@@H]2C. The van der Waals surface area contributed by atoms with E-state index in [1.807, 2.05) is 4.90 Å². The molecule has 8 nitrogen and oxygen atoms in total. The zero-order valence-electron chi connectivity index (χ0n) is 31.7. The van der Waals surface area contributed by atoms with Crippen LogP contribution in [0.15, 0.2) is 0 Å². The van der Waals surface area contributed by atoms with Crippen LogP contribution in [0.2, 0.25) is 0 Å². The Kier molecular flexibility index (Phi) is 9.89. The molecule has 282 valence electrons. The maximum atomic E-state index is 13.2. The number of fused-ring (bicyclic) bond motifs is 7. The number of amides is 2. The number of likely N-dealkylation sites (tertiary alicyclic amines) is 1. The molecular weight excluding hydrogens is 631 g/mol. The van der Waals surface area contributed by atoms with Gasteiger partial charge < -0.3 is 24.6 Å². The monoisotopic (exact) mass is 699 g/mol. The number of ether oxygens (including phenoxy) is 2. The van der Waals surface area contributed by atoms with Crippen LogP contribution < -0.4 is 5.32 Å². The number of hydrogen-bond donors (Lipinski definition) is 1. The van der Waals surface area contributed by atoms with Gasteiger partial charge in [0.1, 0.15) is 13.1 Å². The Hall–Kier alpha value is -1.29. The highest BCUT2D eigenvalue weighted by Crippen LogP contribution is 2.71. The zero-order chi connectivity index (χ0) is 34.8. The van der Waals surface area contributed by atoms with Crippen molar-refractivity contribution in [2.24, 2.45) is 52.3 Å². The number of halogens is 1. The predicted molar refractivity (Wildman–Crippen MR) is 192 cm³/mol. The van der Waals surface area contributed by atoms with E-state index in [4.69, 9.17) is 9.47 Å². The van der Waals surface area contributed by atoms with Crippen LogP contribution in [0.4, 0.5) is 4.39 Å². The average Bonchev–Trinajstić information content (AvgIpc) is 3.56. The molecule has 50 heavy (non-hydrogen) atoms. The fourth-order valence-corrected chi connectivity index (χ4v) is 13.9. The van der Waals surface area contributed by atoms with E-state index in [9.17, 15) is 14.0 Å². The van der Waals surface area contributed by atoms with Crippen LogP contribution in [0.5, 0.6) is 0 Å². The average molecular weight is 699 g/mol. The zero-order valence-corrected chi connectivity index (χ0v) is 31.7. The smallest absolute Gasteiger partial charge is 0.232 e. The largest absolute Gasteiger partial charge is 0.353 e. The Morgan fingerprint density at radius 2 is 1.60 bits per heavy atom. The first kappa shape index (κ1) is 35.7. The van der Waals surface area contributed by atoms with E-state index in [2.05, 4.69) is 42.8 Å². The fourth-order valence-electron chi connectivity index (χ4n) is 13.9. The number of piperidine rings is 1. The Morgan fingerprint density at radius 1 is 0.840 bits per heavy atom. The second-order valence-electron chi connectivity index (χ2n) is 19.1. The highest BCUT2D eigenvalue weighted by atomic mass is 19.1. The van der Waals surface area contributed by atoms with Crippen molar-refractivity contribution in [3.63, 3.8) is 0 Å². The van der Waals surface area contributed by atoms with Crippen LogP contribution in [0.25, 0.3) is 0 Å². The lowest BCUT2D eigenvalue weighted by atomic mass is 9.44. The number of hydrogen-bond acceptors (Lipinski definition) is 6.